The van der Waals surface area contributed by atoms with Crippen LogP contribution < -0.4 is 0 Å². The van der Waals surface area contributed by atoms with Crippen LogP contribution in [0.25, 0.3) is 11.5 Å². The van der Waals surface area contributed by atoms with Crippen molar-refractivity contribution in [2.45, 2.75) is 13.0 Å². The van der Waals surface area contributed by atoms with Crippen LogP contribution in [0.5, 0.6) is 0 Å². The lowest BCUT2D eigenvalue weighted by Gasteiger charge is -2.08. The number of carbonyl (C=O) groups excluding carboxylic acids is 2. The molecule has 0 aromatic carbocycles. The van der Waals surface area contributed by atoms with E-state index in [4.69, 9.17) is 13.9 Å². The largest absolute Gasteiger partial charge is 0.460 e. The standard InChI is InChI=1S/C14H15N3O5/c1-8-3-4-12(21-8)10-5-11(16-15-10)13(18)20-7-9-6-17(2)14(19)22-9/h3-5,9H,6-7H2,1-2H3,(H,15,16)/t9-/m0/s1. The number of rotatable bonds is 4. The maximum absolute atomic E-state index is 11.9. The molecule has 0 bridgehead atoms. The number of nitrogens with one attached hydrogen (secondary N) is 1. The van der Waals surface area contributed by atoms with Gasteiger partial charge in [0.05, 0.1) is 6.54 Å². The number of aryl methyl sites for hydroxylation is 1. The normalized spacial score (nSPS) is 17.6. The number of likely N-dealkylation sites (N-methyl/N-ethyl adjacent to an activating group) is 1. The van der Waals surface area contributed by atoms with E-state index in [1.807, 2.05) is 13.0 Å². The summed E-state index contributed by atoms with van der Waals surface area (Å²) in [7, 11) is 1.62. The molecule has 2 aromatic rings. The van der Waals surface area contributed by atoms with Gasteiger partial charge in [0.2, 0.25) is 0 Å². The number of carbonyl (C=O) groups is 2. The number of hydrogen-bond donors (Lipinski definition) is 1. The van der Waals surface area contributed by atoms with Gasteiger partial charge in [-0.1, -0.05) is 0 Å². The SMILES string of the molecule is Cc1ccc(-c2cc(C(=O)OC[C@@H]3CN(C)C(=O)O3)[nH]n2)o1. The number of aromatic nitrogens is 2. The maximum atomic E-state index is 11.9. The molecule has 0 aliphatic carbocycles. The van der Waals surface area contributed by atoms with Crippen LogP contribution in [0, 0.1) is 6.92 Å². The van der Waals surface area contributed by atoms with E-state index >= 15 is 0 Å². The minimum Gasteiger partial charge on any atom is -0.460 e. The molecule has 1 N–H and O–H groups in total. The summed E-state index contributed by atoms with van der Waals surface area (Å²) < 4.78 is 15.6. The van der Waals surface area contributed by atoms with Gasteiger partial charge in [0.25, 0.3) is 0 Å². The third kappa shape index (κ3) is 2.80. The average Bonchev–Trinajstić information content (AvgIpc) is 3.18. The molecule has 3 rings (SSSR count). The number of aromatic amines is 1. The molecule has 1 fully saturated rings. The number of nitrogens with zero attached hydrogens (tertiary/aromatic N) is 2. The third-order valence-electron chi connectivity index (χ3n) is 3.25. The Kier molecular flexibility index (Phi) is 3.58. The first-order valence-electron chi connectivity index (χ1n) is 6.74. The molecule has 0 unspecified atom stereocenters. The highest BCUT2D eigenvalue weighted by Crippen LogP contribution is 2.20. The summed E-state index contributed by atoms with van der Waals surface area (Å²) in [5.74, 6) is 0.765. The smallest absolute Gasteiger partial charge is 0.410 e. The summed E-state index contributed by atoms with van der Waals surface area (Å²) in [4.78, 5) is 24.6. The molecule has 1 saturated heterocycles. The molecule has 0 radical (unpaired) electrons. The summed E-state index contributed by atoms with van der Waals surface area (Å²) in [6.45, 7) is 2.22. The predicted octanol–water partition coefficient (Wildman–Crippen LogP) is 1.59. The Balaban J connectivity index is 1.59. The Morgan fingerprint density at radius 1 is 1.55 bits per heavy atom. The maximum Gasteiger partial charge on any atom is 0.410 e. The number of cyclic esters (lactones) is 1. The summed E-state index contributed by atoms with van der Waals surface area (Å²) in [5, 5.41) is 6.62. The molecule has 3 heterocycles. The Morgan fingerprint density at radius 3 is 3.00 bits per heavy atom. The molecule has 22 heavy (non-hydrogen) atoms. The molecule has 1 aliphatic heterocycles. The summed E-state index contributed by atoms with van der Waals surface area (Å²) >= 11 is 0. The zero-order chi connectivity index (χ0) is 15.7. The van der Waals surface area contributed by atoms with Crippen molar-refractivity contribution in [1.29, 1.82) is 0 Å². The molecule has 2 aromatic heterocycles. The van der Waals surface area contributed by atoms with Gasteiger partial charge < -0.3 is 18.8 Å². The Hall–Kier alpha value is -2.77. The van der Waals surface area contributed by atoms with Crippen molar-refractivity contribution in [1.82, 2.24) is 15.1 Å². The minimum absolute atomic E-state index is 0.00310. The highest BCUT2D eigenvalue weighted by Gasteiger charge is 2.29. The van der Waals surface area contributed by atoms with Crippen molar-refractivity contribution in [3.8, 4) is 11.5 Å². The van der Waals surface area contributed by atoms with Crippen molar-refractivity contribution in [3.63, 3.8) is 0 Å². The molecular formula is C14H15N3O5. The number of furan rings is 1. The lowest BCUT2D eigenvalue weighted by atomic mass is 10.3. The van der Waals surface area contributed by atoms with E-state index in [1.165, 1.54) is 4.90 Å². The fourth-order valence-electron chi connectivity index (χ4n) is 2.11. The van der Waals surface area contributed by atoms with E-state index in [-0.39, 0.29) is 12.3 Å². The molecular weight excluding hydrogens is 290 g/mol. The van der Waals surface area contributed by atoms with Crippen molar-refractivity contribution in [2.75, 3.05) is 20.2 Å². The van der Waals surface area contributed by atoms with Gasteiger partial charge >= 0.3 is 12.1 Å². The van der Waals surface area contributed by atoms with E-state index in [0.717, 1.165) is 5.76 Å². The lowest BCUT2D eigenvalue weighted by Crippen LogP contribution is -2.23. The van der Waals surface area contributed by atoms with Gasteiger partial charge in [-0.05, 0) is 19.1 Å². The van der Waals surface area contributed by atoms with Crippen LogP contribution in [0.3, 0.4) is 0 Å². The summed E-state index contributed by atoms with van der Waals surface area (Å²) in [6, 6.07) is 5.13. The average molecular weight is 305 g/mol. The third-order valence-corrected chi connectivity index (χ3v) is 3.25. The lowest BCUT2D eigenvalue weighted by molar-refractivity contribution is 0.0294. The second kappa shape index (κ2) is 5.55. The first-order valence-corrected chi connectivity index (χ1v) is 6.74. The van der Waals surface area contributed by atoms with Crippen LogP contribution in [0.1, 0.15) is 16.2 Å². The van der Waals surface area contributed by atoms with E-state index in [1.54, 1.807) is 19.2 Å². The van der Waals surface area contributed by atoms with Crippen LogP contribution in [-0.4, -0.2) is 53.5 Å². The van der Waals surface area contributed by atoms with Crippen LogP contribution in [0.2, 0.25) is 0 Å². The van der Waals surface area contributed by atoms with E-state index in [9.17, 15) is 9.59 Å². The number of esters is 1. The monoisotopic (exact) mass is 305 g/mol. The minimum atomic E-state index is -0.562. The van der Waals surface area contributed by atoms with Crippen molar-refractivity contribution >= 4 is 12.1 Å². The molecule has 1 amide bonds. The zero-order valence-corrected chi connectivity index (χ0v) is 12.2. The van der Waals surface area contributed by atoms with Gasteiger partial charge in [0.1, 0.15) is 23.8 Å². The van der Waals surface area contributed by atoms with E-state index < -0.39 is 18.2 Å². The van der Waals surface area contributed by atoms with Gasteiger partial charge in [0.15, 0.2) is 11.9 Å². The van der Waals surface area contributed by atoms with Crippen LogP contribution in [-0.2, 0) is 9.47 Å². The molecule has 8 nitrogen and oxygen atoms in total. The van der Waals surface area contributed by atoms with Gasteiger partial charge in [-0.15, -0.1) is 0 Å². The van der Waals surface area contributed by atoms with E-state index in [2.05, 4.69) is 10.2 Å². The van der Waals surface area contributed by atoms with Gasteiger partial charge in [0, 0.05) is 13.1 Å². The second-order valence-corrected chi connectivity index (χ2v) is 5.06. The number of H-pyrrole nitrogens is 1. The summed E-state index contributed by atoms with van der Waals surface area (Å²) in [6.07, 6.45) is -0.866. The van der Waals surface area contributed by atoms with E-state index in [0.29, 0.717) is 18.0 Å². The zero-order valence-electron chi connectivity index (χ0n) is 12.2. The first-order chi connectivity index (χ1) is 10.5. The number of ether oxygens (including phenoxy) is 2. The Bertz CT molecular complexity index is 705. The highest BCUT2D eigenvalue weighted by atomic mass is 16.6. The summed E-state index contributed by atoms with van der Waals surface area (Å²) in [5.41, 5.74) is 0.730. The fraction of sp³-hybridized carbons (Fsp3) is 0.357. The second-order valence-electron chi connectivity index (χ2n) is 5.06. The quantitative estimate of drug-likeness (QED) is 0.861. The van der Waals surface area contributed by atoms with Gasteiger partial charge in [-0.3, -0.25) is 5.10 Å². The first kappa shape index (κ1) is 14.2. The van der Waals surface area contributed by atoms with Crippen LogP contribution in [0.4, 0.5) is 4.79 Å². The van der Waals surface area contributed by atoms with Gasteiger partial charge in [-0.25, -0.2) is 9.59 Å². The Morgan fingerprint density at radius 2 is 2.36 bits per heavy atom. The number of amides is 1. The molecule has 116 valence electrons. The molecule has 1 aliphatic rings. The molecule has 0 saturated carbocycles. The Labute approximate surface area is 126 Å². The van der Waals surface area contributed by atoms with Crippen LogP contribution in [0.15, 0.2) is 22.6 Å². The van der Waals surface area contributed by atoms with Crippen molar-refractivity contribution in [3.05, 3.63) is 29.7 Å². The molecule has 8 heteroatoms. The van der Waals surface area contributed by atoms with Crippen molar-refractivity contribution < 1.29 is 23.5 Å². The fourth-order valence-corrected chi connectivity index (χ4v) is 2.11. The molecule has 0 spiro atoms. The van der Waals surface area contributed by atoms with Gasteiger partial charge in [-0.2, -0.15) is 5.10 Å². The van der Waals surface area contributed by atoms with Crippen LogP contribution >= 0.6 is 0 Å². The topological polar surface area (TPSA) is 97.7 Å². The highest BCUT2D eigenvalue weighted by molar-refractivity contribution is 5.88. The number of hydrogen-bond acceptors (Lipinski definition) is 6. The van der Waals surface area contributed by atoms with Crippen molar-refractivity contribution in [2.24, 2.45) is 0 Å². The molecule has 1 atom stereocenters. The predicted molar refractivity (Wildman–Crippen MR) is 74.2 cm³/mol.